The van der Waals surface area contributed by atoms with E-state index in [9.17, 15) is 18.8 Å². The zero-order chi connectivity index (χ0) is 19.3. The number of carboxylic acids is 1. The van der Waals surface area contributed by atoms with Gasteiger partial charge in [0.2, 0.25) is 5.91 Å². The Kier molecular flexibility index (Phi) is 4.16. The van der Waals surface area contributed by atoms with E-state index >= 15 is 0 Å². The second-order valence-electron chi connectivity index (χ2n) is 7.29. The molecule has 0 spiro atoms. The number of benzene rings is 1. The lowest BCUT2D eigenvalue weighted by atomic mass is 10.2. The first-order valence-electron chi connectivity index (χ1n) is 8.85. The monoisotopic (exact) mass is 377 g/mol. The van der Waals surface area contributed by atoms with E-state index in [0.29, 0.717) is 24.5 Å². The molecular weight excluding hydrogens is 357 g/mol. The fraction of sp³-hybridized carbons (Fsp3) is 0.500. The molecule has 2 heterocycles. The van der Waals surface area contributed by atoms with Crippen molar-refractivity contribution in [3.8, 4) is 0 Å². The van der Waals surface area contributed by atoms with Crippen LogP contribution in [0.25, 0.3) is 0 Å². The minimum Gasteiger partial charge on any atom is -0.481 e. The van der Waals surface area contributed by atoms with Gasteiger partial charge in [-0.1, -0.05) is 0 Å². The lowest BCUT2D eigenvalue weighted by Crippen LogP contribution is -2.33. The van der Waals surface area contributed by atoms with Crippen LogP contribution in [0, 0.1) is 23.6 Å². The molecule has 144 valence electrons. The molecule has 1 aliphatic carbocycles. The van der Waals surface area contributed by atoms with Crippen LogP contribution in [-0.4, -0.2) is 55.4 Å². The quantitative estimate of drug-likeness (QED) is 0.796. The predicted molar refractivity (Wildman–Crippen MR) is 93.0 cm³/mol. The SMILES string of the molecule is CC(=O)NC[C@H]1CN(c2ccc(N3CC4C(C3)C4C(=O)O)c(F)c2)C(=O)O1. The van der Waals surface area contributed by atoms with Gasteiger partial charge in [-0.05, 0) is 30.0 Å². The van der Waals surface area contributed by atoms with Crippen molar-refractivity contribution in [3.05, 3.63) is 24.0 Å². The minimum absolute atomic E-state index is 0.0877. The predicted octanol–water partition coefficient (Wildman–Crippen LogP) is 1.05. The molecule has 3 fully saturated rings. The minimum atomic E-state index is -0.776. The third kappa shape index (κ3) is 3.17. The van der Waals surface area contributed by atoms with E-state index in [4.69, 9.17) is 9.84 Å². The fourth-order valence-electron chi connectivity index (χ4n) is 4.11. The highest BCUT2D eigenvalue weighted by Crippen LogP contribution is 2.52. The average molecular weight is 377 g/mol. The second kappa shape index (κ2) is 6.40. The molecule has 2 aliphatic heterocycles. The van der Waals surface area contributed by atoms with Gasteiger partial charge in [0.1, 0.15) is 11.9 Å². The third-order valence-electron chi connectivity index (χ3n) is 5.52. The number of hydrogen-bond acceptors (Lipinski definition) is 5. The van der Waals surface area contributed by atoms with Gasteiger partial charge >= 0.3 is 12.1 Å². The Labute approximate surface area is 154 Å². The van der Waals surface area contributed by atoms with Crippen LogP contribution in [0.1, 0.15) is 6.92 Å². The first-order valence-corrected chi connectivity index (χ1v) is 8.85. The van der Waals surface area contributed by atoms with Gasteiger partial charge in [0.15, 0.2) is 0 Å². The second-order valence-corrected chi connectivity index (χ2v) is 7.29. The number of hydrogen-bond donors (Lipinski definition) is 2. The molecule has 3 aliphatic rings. The van der Waals surface area contributed by atoms with E-state index in [1.807, 2.05) is 4.90 Å². The van der Waals surface area contributed by atoms with Crippen LogP contribution in [0.5, 0.6) is 0 Å². The number of rotatable bonds is 5. The molecule has 1 saturated carbocycles. The molecule has 0 aromatic heterocycles. The Morgan fingerprint density at radius 1 is 1.30 bits per heavy atom. The van der Waals surface area contributed by atoms with Gasteiger partial charge in [-0.3, -0.25) is 14.5 Å². The van der Waals surface area contributed by atoms with E-state index < -0.39 is 24.0 Å². The summed E-state index contributed by atoms with van der Waals surface area (Å²) in [6, 6.07) is 4.55. The number of aliphatic carboxylic acids is 1. The molecule has 2 unspecified atom stereocenters. The van der Waals surface area contributed by atoms with Gasteiger partial charge in [0.25, 0.3) is 0 Å². The molecule has 27 heavy (non-hydrogen) atoms. The highest BCUT2D eigenvalue weighted by molar-refractivity contribution is 5.90. The Morgan fingerprint density at radius 2 is 2.00 bits per heavy atom. The van der Waals surface area contributed by atoms with Gasteiger partial charge in [-0.15, -0.1) is 0 Å². The highest BCUT2D eigenvalue weighted by Gasteiger charge is 2.60. The number of halogens is 1. The summed E-state index contributed by atoms with van der Waals surface area (Å²) in [4.78, 5) is 37.3. The molecular formula is C18H20FN3O5. The number of fused-ring (bicyclic) bond motifs is 1. The van der Waals surface area contributed by atoms with E-state index in [2.05, 4.69) is 5.32 Å². The van der Waals surface area contributed by atoms with Crippen LogP contribution in [0.2, 0.25) is 0 Å². The number of anilines is 2. The van der Waals surface area contributed by atoms with Crippen molar-refractivity contribution in [2.75, 3.05) is 36.0 Å². The summed E-state index contributed by atoms with van der Waals surface area (Å²) in [5.41, 5.74) is 0.803. The largest absolute Gasteiger partial charge is 0.481 e. The van der Waals surface area contributed by atoms with E-state index in [-0.39, 0.29) is 36.8 Å². The van der Waals surface area contributed by atoms with Crippen molar-refractivity contribution < 1.29 is 28.6 Å². The van der Waals surface area contributed by atoms with Gasteiger partial charge in [0.05, 0.1) is 30.4 Å². The van der Waals surface area contributed by atoms with Crippen LogP contribution < -0.4 is 15.1 Å². The Morgan fingerprint density at radius 3 is 2.59 bits per heavy atom. The zero-order valence-electron chi connectivity index (χ0n) is 14.7. The van der Waals surface area contributed by atoms with Crippen molar-refractivity contribution in [1.29, 1.82) is 0 Å². The summed E-state index contributed by atoms with van der Waals surface area (Å²) in [5, 5.41) is 11.7. The number of amides is 2. The molecule has 1 aromatic carbocycles. The zero-order valence-corrected chi connectivity index (χ0v) is 14.7. The van der Waals surface area contributed by atoms with Crippen molar-refractivity contribution >= 4 is 29.3 Å². The summed E-state index contributed by atoms with van der Waals surface area (Å²) in [6.45, 7) is 2.88. The number of carbonyl (C=O) groups excluding carboxylic acids is 2. The molecule has 0 bridgehead atoms. The molecule has 3 atom stereocenters. The summed E-state index contributed by atoms with van der Waals surface area (Å²) >= 11 is 0. The lowest BCUT2D eigenvalue weighted by molar-refractivity contribution is -0.139. The molecule has 8 nitrogen and oxygen atoms in total. The van der Waals surface area contributed by atoms with Crippen LogP contribution in [0.3, 0.4) is 0 Å². The van der Waals surface area contributed by atoms with Crippen molar-refractivity contribution in [2.45, 2.75) is 13.0 Å². The summed E-state index contributed by atoms with van der Waals surface area (Å²) in [7, 11) is 0. The molecule has 2 N–H and O–H groups in total. The maximum Gasteiger partial charge on any atom is 0.414 e. The van der Waals surface area contributed by atoms with Crippen LogP contribution in [0.15, 0.2) is 18.2 Å². The van der Waals surface area contributed by atoms with Gasteiger partial charge in [-0.25, -0.2) is 9.18 Å². The Balaban J connectivity index is 1.41. The number of carbonyl (C=O) groups is 3. The Bertz CT molecular complexity index is 804. The van der Waals surface area contributed by atoms with Gasteiger partial charge in [-0.2, -0.15) is 0 Å². The first kappa shape index (κ1) is 17.6. The topological polar surface area (TPSA) is 99.2 Å². The number of cyclic esters (lactones) is 1. The van der Waals surface area contributed by atoms with Crippen molar-refractivity contribution in [2.24, 2.45) is 17.8 Å². The molecule has 9 heteroatoms. The average Bonchev–Trinajstić information content (AvgIpc) is 2.94. The number of carboxylic acid groups (broad SMARTS) is 1. The fourth-order valence-corrected chi connectivity index (χ4v) is 4.11. The molecule has 4 rings (SSSR count). The molecule has 2 saturated heterocycles. The van der Waals surface area contributed by atoms with E-state index in [1.54, 1.807) is 12.1 Å². The van der Waals surface area contributed by atoms with Gasteiger partial charge < -0.3 is 20.1 Å². The summed E-state index contributed by atoms with van der Waals surface area (Å²) < 4.78 is 19.8. The maximum absolute atomic E-state index is 14.6. The smallest absolute Gasteiger partial charge is 0.414 e. The van der Waals surface area contributed by atoms with Gasteiger partial charge in [0, 0.05) is 20.0 Å². The number of nitrogens with zero attached hydrogens (tertiary/aromatic N) is 2. The summed E-state index contributed by atoms with van der Waals surface area (Å²) in [6.07, 6.45) is -1.06. The van der Waals surface area contributed by atoms with E-state index in [1.165, 1.54) is 17.9 Å². The third-order valence-corrected chi connectivity index (χ3v) is 5.52. The lowest BCUT2D eigenvalue weighted by Gasteiger charge is -2.23. The number of nitrogens with one attached hydrogen (secondary N) is 1. The molecule has 1 aromatic rings. The van der Waals surface area contributed by atoms with E-state index in [0.717, 1.165) is 0 Å². The number of piperidine rings is 1. The normalized spacial score (nSPS) is 28.7. The van der Waals surface area contributed by atoms with Crippen LogP contribution in [-0.2, 0) is 14.3 Å². The highest BCUT2D eigenvalue weighted by atomic mass is 19.1. The summed E-state index contributed by atoms with van der Waals surface area (Å²) in [5.74, 6) is -1.58. The standard InChI is InChI=1S/C18H20FN3O5/c1-9(23)20-5-11-6-22(18(26)27-11)10-2-3-15(14(19)4-10)21-7-12-13(8-21)16(12)17(24)25/h2-4,11-13,16H,5-8H2,1H3,(H,20,23)(H,24,25)/t11-,12?,13?,16?/m0/s1. The van der Waals surface area contributed by atoms with Crippen LogP contribution in [0.4, 0.5) is 20.6 Å². The Hall–Kier alpha value is -2.84. The number of ether oxygens (including phenoxy) is 1. The first-order chi connectivity index (χ1) is 12.8. The van der Waals surface area contributed by atoms with Crippen molar-refractivity contribution in [3.63, 3.8) is 0 Å². The molecule has 2 amide bonds. The van der Waals surface area contributed by atoms with Crippen LogP contribution >= 0.6 is 0 Å². The van der Waals surface area contributed by atoms with Crippen molar-refractivity contribution in [1.82, 2.24) is 5.32 Å². The maximum atomic E-state index is 14.6. The molecule has 0 radical (unpaired) electrons.